The molecule has 1 aliphatic carbocycles. The molecule has 1 amide bonds. The van der Waals surface area contributed by atoms with E-state index in [1.807, 2.05) is 27.7 Å². The summed E-state index contributed by atoms with van der Waals surface area (Å²) in [6.07, 6.45) is 2.72. The first-order valence-corrected chi connectivity index (χ1v) is 8.26. The molecular weight excluding hydrogens is 315 g/mol. The summed E-state index contributed by atoms with van der Waals surface area (Å²) < 4.78 is 40.3. The summed E-state index contributed by atoms with van der Waals surface area (Å²) in [6, 6.07) is 2.24. The summed E-state index contributed by atoms with van der Waals surface area (Å²) in [6.45, 7) is 7.45. The van der Waals surface area contributed by atoms with Crippen LogP contribution in [0, 0.1) is 11.6 Å². The van der Waals surface area contributed by atoms with E-state index in [4.69, 9.17) is 9.31 Å². The zero-order valence-corrected chi connectivity index (χ0v) is 14.4. The van der Waals surface area contributed by atoms with Crippen molar-refractivity contribution < 1.29 is 22.9 Å². The van der Waals surface area contributed by atoms with Gasteiger partial charge in [0.1, 0.15) is 17.2 Å². The molecule has 2 aliphatic rings. The van der Waals surface area contributed by atoms with Crippen molar-refractivity contribution in [2.45, 2.75) is 64.2 Å². The highest BCUT2D eigenvalue weighted by Crippen LogP contribution is 2.36. The monoisotopic (exact) mass is 337 g/mol. The molecule has 0 aromatic heterocycles. The number of nitrogens with one attached hydrogen (secondary N) is 1. The molecule has 2 fully saturated rings. The van der Waals surface area contributed by atoms with Crippen LogP contribution in [0.25, 0.3) is 0 Å². The minimum atomic E-state index is -0.906. The summed E-state index contributed by atoms with van der Waals surface area (Å²) in [7, 11) is -0.872. The zero-order valence-electron chi connectivity index (χ0n) is 14.4. The van der Waals surface area contributed by atoms with Crippen molar-refractivity contribution in [3.05, 3.63) is 29.3 Å². The van der Waals surface area contributed by atoms with Gasteiger partial charge in [-0.25, -0.2) is 8.78 Å². The molecular formula is C17H22BF2NO3. The number of benzene rings is 1. The van der Waals surface area contributed by atoms with E-state index < -0.39 is 41.4 Å². The van der Waals surface area contributed by atoms with Gasteiger partial charge in [-0.05, 0) is 64.6 Å². The van der Waals surface area contributed by atoms with Gasteiger partial charge in [-0.1, -0.05) is 0 Å². The van der Waals surface area contributed by atoms with Crippen molar-refractivity contribution in [1.29, 1.82) is 0 Å². The molecule has 24 heavy (non-hydrogen) atoms. The predicted octanol–water partition coefficient (Wildman–Crippen LogP) is 2.55. The molecule has 1 saturated heterocycles. The summed E-state index contributed by atoms with van der Waals surface area (Å²) in [5, 5.41) is 2.65. The highest BCUT2D eigenvalue weighted by molar-refractivity contribution is 6.62. The minimum Gasteiger partial charge on any atom is -0.399 e. The normalized spacial score (nSPS) is 22.3. The molecule has 1 aromatic rings. The van der Waals surface area contributed by atoms with E-state index in [-0.39, 0.29) is 11.5 Å². The second-order valence-electron chi connectivity index (χ2n) is 7.55. The lowest BCUT2D eigenvalue weighted by Crippen LogP contribution is -2.41. The van der Waals surface area contributed by atoms with E-state index in [0.717, 1.165) is 31.4 Å². The number of carbonyl (C=O) groups is 1. The van der Waals surface area contributed by atoms with Crippen LogP contribution >= 0.6 is 0 Å². The number of rotatable bonds is 3. The van der Waals surface area contributed by atoms with Gasteiger partial charge in [0.2, 0.25) is 0 Å². The highest BCUT2D eigenvalue weighted by atomic mass is 19.1. The van der Waals surface area contributed by atoms with Crippen LogP contribution in [0.15, 0.2) is 12.1 Å². The molecule has 1 saturated carbocycles. The van der Waals surface area contributed by atoms with E-state index in [1.54, 1.807) is 0 Å². The molecule has 4 nitrogen and oxygen atoms in total. The van der Waals surface area contributed by atoms with E-state index >= 15 is 0 Å². The van der Waals surface area contributed by atoms with E-state index in [2.05, 4.69) is 5.32 Å². The SMILES string of the molecule is CC1(C)OB(c2cc(F)c(C(=O)NC3CCC3)c(F)c2)OC1(C)C. The van der Waals surface area contributed by atoms with Gasteiger partial charge in [0, 0.05) is 6.04 Å². The molecule has 7 heteroatoms. The topological polar surface area (TPSA) is 47.6 Å². The predicted molar refractivity (Wildman–Crippen MR) is 87.2 cm³/mol. The maximum Gasteiger partial charge on any atom is 0.495 e. The molecule has 0 radical (unpaired) electrons. The van der Waals surface area contributed by atoms with Crippen molar-refractivity contribution in [2.24, 2.45) is 0 Å². The zero-order chi connectivity index (χ0) is 17.7. The first kappa shape index (κ1) is 17.4. The van der Waals surface area contributed by atoms with Gasteiger partial charge < -0.3 is 14.6 Å². The van der Waals surface area contributed by atoms with Crippen molar-refractivity contribution in [1.82, 2.24) is 5.32 Å². The van der Waals surface area contributed by atoms with Crippen LogP contribution in [-0.4, -0.2) is 30.3 Å². The number of carbonyl (C=O) groups excluding carboxylic acids is 1. The first-order chi connectivity index (χ1) is 11.1. The molecule has 1 N–H and O–H groups in total. The Balaban J connectivity index is 1.84. The van der Waals surface area contributed by atoms with E-state index in [9.17, 15) is 13.6 Å². The third-order valence-corrected chi connectivity index (χ3v) is 5.26. The van der Waals surface area contributed by atoms with Crippen molar-refractivity contribution in [2.75, 3.05) is 0 Å². The van der Waals surface area contributed by atoms with Crippen molar-refractivity contribution in [3.8, 4) is 0 Å². The second-order valence-corrected chi connectivity index (χ2v) is 7.55. The lowest BCUT2D eigenvalue weighted by atomic mass is 9.78. The number of amides is 1. The van der Waals surface area contributed by atoms with E-state index in [1.165, 1.54) is 0 Å². The minimum absolute atomic E-state index is 0.0130. The average molecular weight is 337 g/mol. The summed E-state index contributed by atoms with van der Waals surface area (Å²) in [5.74, 6) is -2.52. The third-order valence-electron chi connectivity index (χ3n) is 5.26. The molecule has 3 rings (SSSR count). The van der Waals surface area contributed by atoms with Crippen LogP contribution in [0.2, 0.25) is 0 Å². The van der Waals surface area contributed by atoms with Gasteiger partial charge in [0.05, 0.1) is 11.2 Å². The summed E-state index contributed by atoms with van der Waals surface area (Å²) >= 11 is 0. The van der Waals surface area contributed by atoms with Gasteiger partial charge in [0.25, 0.3) is 5.91 Å². The second kappa shape index (κ2) is 5.81. The molecule has 0 bridgehead atoms. The van der Waals surface area contributed by atoms with Crippen LogP contribution in [0.3, 0.4) is 0 Å². The van der Waals surface area contributed by atoms with Crippen LogP contribution in [0.1, 0.15) is 57.3 Å². The number of hydrogen-bond donors (Lipinski definition) is 1. The Morgan fingerprint density at radius 3 is 2.04 bits per heavy atom. The highest BCUT2D eigenvalue weighted by Gasteiger charge is 2.52. The maximum absolute atomic E-state index is 14.4. The Morgan fingerprint density at radius 2 is 1.62 bits per heavy atom. The average Bonchev–Trinajstić information content (AvgIpc) is 2.62. The Bertz CT molecular complexity index is 635. The summed E-state index contributed by atoms with van der Waals surface area (Å²) in [4.78, 5) is 12.1. The molecule has 1 aliphatic heterocycles. The van der Waals surface area contributed by atoms with Crippen LogP contribution < -0.4 is 10.8 Å². The van der Waals surface area contributed by atoms with Crippen LogP contribution in [-0.2, 0) is 9.31 Å². The third kappa shape index (κ3) is 2.95. The molecule has 0 atom stereocenters. The standard InChI is InChI=1S/C17H22BF2NO3/c1-16(2)17(3,4)24-18(23-16)10-8-12(19)14(13(20)9-10)15(22)21-11-6-5-7-11/h8-9,11H,5-7H2,1-4H3,(H,21,22). The molecule has 0 unspecified atom stereocenters. The largest absolute Gasteiger partial charge is 0.495 e. The van der Waals surface area contributed by atoms with Crippen molar-refractivity contribution in [3.63, 3.8) is 0 Å². The Morgan fingerprint density at radius 1 is 1.12 bits per heavy atom. The fourth-order valence-corrected chi connectivity index (χ4v) is 2.74. The van der Waals surface area contributed by atoms with Crippen LogP contribution in [0.4, 0.5) is 8.78 Å². The Kier molecular flexibility index (Phi) is 4.20. The quantitative estimate of drug-likeness (QED) is 0.863. The van der Waals surface area contributed by atoms with Gasteiger partial charge in [-0.15, -0.1) is 0 Å². The van der Waals surface area contributed by atoms with Gasteiger partial charge in [-0.2, -0.15) is 0 Å². The Labute approximate surface area is 141 Å². The lowest BCUT2D eigenvalue weighted by Gasteiger charge is -2.32. The van der Waals surface area contributed by atoms with Crippen molar-refractivity contribution >= 4 is 18.5 Å². The number of halogens is 2. The lowest BCUT2D eigenvalue weighted by molar-refractivity contribution is 0.00578. The van der Waals surface area contributed by atoms with Gasteiger partial charge >= 0.3 is 7.12 Å². The van der Waals surface area contributed by atoms with Gasteiger partial charge in [-0.3, -0.25) is 4.79 Å². The number of hydrogen-bond acceptors (Lipinski definition) is 3. The maximum atomic E-state index is 14.4. The summed E-state index contributed by atoms with van der Waals surface area (Å²) in [5.41, 5.74) is -1.54. The smallest absolute Gasteiger partial charge is 0.399 e. The molecule has 1 heterocycles. The fraction of sp³-hybridized carbons (Fsp3) is 0.588. The van der Waals surface area contributed by atoms with Gasteiger partial charge in [0.15, 0.2) is 0 Å². The van der Waals surface area contributed by atoms with Crippen LogP contribution in [0.5, 0.6) is 0 Å². The molecule has 1 aromatic carbocycles. The first-order valence-electron chi connectivity index (χ1n) is 8.26. The molecule has 130 valence electrons. The molecule has 0 spiro atoms. The fourth-order valence-electron chi connectivity index (χ4n) is 2.74. The van der Waals surface area contributed by atoms with E-state index in [0.29, 0.717) is 0 Å². The Hall–Kier alpha value is -1.47.